The molecule has 0 saturated heterocycles. The Morgan fingerprint density at radius 1 is 1.24 bits per heavy atom. The number of halogens is 3. The van der Waals surface area contributed by atoms with Gasteiger partial charge in [0.15, 0.2) is 0 Å². The van der Waals surface area contributed by atoms with Gasteiger partial charge in [-0.3, -0.25) is 4.79 Å². The molecule has 0 bridgehead atoms. The van der Waals surface area contributed by atoms with Crippen LogP contribution in [0.15, 0.2) is 40.9 Å². The van der Waals surface area contributed by atoms with Gasteiger partial charge in [-0.25, -0.2) is 0 Å². The number of carbonyl (C=O) groups is 1. The topological polar surface area (TPSA) is 20.3 Å². The Kier molecular flexibility index (Phi) is 5.31. The van der Waals surface area contributed by atoms with E-state index in [4.69, 9.17) is 23.2 Å². The van der Waals surface area contributed by atoms with E-state index in [1.807, 2.05) is 25.1 Å². The minimum atomic E-state index is -0.0587. The van der Waals surface area contributed by atoms with E-state index >= 15 is 0 Å². The Labute approximate surface area is 142 Å². The van der Waals surface area contributed by atoms with Crippen LogP contribution in [0.3, 0.4) is 0 Å². The molecular formula is C16H14BrCl2NO. The molecule has 0 aliphatic heterocycles. The van der Waals surface area contributed by atoms with Gasteiger partial charge in [0.1, 0.15) is 0 Å². The van der Waals surface area contributed by atoms with E-state index in [0.29, 0.717) is 22.2 Å². The number of hydrogen-bond acceptors (Lipinski definition) is 1. The van der Waals surface area contributed by atoms with Crippen molar-refractivity contribution in [3.63, 3.8) is 0 Å². The fourth-order valence-electron chi connectivity index (χ4n) is 2.00. The molecule has 1 amide bonds. The number of hydrogen-bond donors (Lipinski definition) is 0. The van der Waals surface area contributed by atoms with Gasteiger partial charge in [-0.05, 0) is 52.2 Å². The van der Waals surface area contributed by atoms with Crippen molar-refractivity contribution in [2.45, 2.75) is 13.5 Å². The van der Waals surface area contributed by atoms with E-state index in [1.165, 1.54) is 0 Å². The zero-order valence-corrected chi connectivity index (χ0v) is 14.8. The quantitative estimate of drug-likeness (QED) is 0.697. The van der Waals surface area contributed by atoms with Crippen molar-refractivity contribution in [1.82, 2.24) is 4.90 Å². The van der Waals surface area contributed by atoms with E-state index in [0.717, 1.165) is 15.6 Å². The molecule has 2 nitrogen and oxygen atoms in total. The third kappa shape index (κ3) is 3.79. The highest BCUT2D eigenvalue weighted by atomic mass is 79.9. The second-order valence-corrected chi connectivity index (χ2v) is 6.47. The summed E-state index contributed by atoms with van der Waals surface area (Å²) in [7, 11) is 1.75. The summed E-state index contributed by atoms with van der Waals surface area (Å²) < 4.78 is 0.823. The number of carbonyl (C=O) groups excluding carboxylic acids is 1. The monoisotopic (exact) mass is 385 g/mol. The first-order valence-corrected chi connectivity index (χ1v) is 7.89. The lowest BCUT2D eigenvalue weighted by molar-refractivity contribution is 0.0784. The first-order chi connectivity index (χ1) is 9.90. The molecule has 0 saturated carbocycles. The smallest absolute Gasteiger partial charge is 0.255 e. The number of amides is 1. The highest BCUT2D eigenvalue weighted by Gasteiger charge is 2.16. The number of benzene rings is 2. The highest BCUT2D eigenvalue weighted by molar-refractivity contribution is 9.10. The molecule has 0 atom stereocenters. The molecule has 0 spiro atoms. The van der Waals surface area contributed by atoms with Crippen molar-refractivity contribution in [3.8, 4) is 0 Å². The van der Waals surface area contributed by atoms with Crippen molar-refractivity contribution in [3.05, 3.63) is 67.6 Å². The zero-order chi connectivity index (χ0) is 15.6. The van der Waals surface area contributed by atoms with E-state index in [2.05, 4.69) is 15.9 Å². The summed E-state index contributed by atoms with van der Waals surface area (Å²) in [5.41, 5.74) is 2.53. The molecule has 2 aromatic rings. The van der Waals surface area contributed by atoms with Crippen LogP contribution in [-0.4, -0.2) is 17.9 Å². The Bertz CT molecular complexity index is 688. The van der Waals surface area contributed by atoms with Gasteiger partial charge in [-0.15, -0.1) is 0 Å². The predicted molar refractivity (Wildman–Crippen MR) is 91.1 cm³/mol. The lowest BCUT2D eigenvalue weighted by Crippen LogP contribution is -2.26. The largest absolute Gasteiger partial charge is 0.337 e. The van der Waals surface area contributed by atoms with Crippen LogP contribution in [0.4, 0.5) is 0 Å². The fraction of sp³-hybridized carbons (Fsp3) is 0.188. The molecule has 0 heterocycles. The first-order valence-electron chi connectivity index (χ1n) is 6.34. The molecule has 2 rings (SSSR count). The molecule has 21 heavy (non-hydrogen) atoms. The van der Waals surface area contributed by atoms with Gasteiger partial charge in [-0.1, -0.05) is 41.4 Å². The standard InChI is InChI=1S/C16H14BrCl2NO/c1-10-4-3-5-13(15(10)17)16(21)20(2)9-11-6-7-12(18)8-14(11)19/h3-8H,9H2,1-2H3. The van der Waals surface area contributed by atoms with Gasteiger partial charge in [0.2, 0.25) is 0 Å². The van der Waals surface area contributed by atoms with Crippen LogP contribution >= 0.6 is 39.1 Å². The first kappa shape index (κ1) is 16.3. The SMILES string of the molecule is Cc1cccc(C(=O)N(C)Cc2ccc(Cl)cc2Cl)c1Br. The fourth-order valence-corrected chi connectivity index (χ4v) is 2.90. The minimum Gasteiger partial charge on any atom is -0.337 e. The summed E-state index contributed by atoms with van der Waals surface area (Å²) in [4.78, 5) is 14.2. The number of rotatable bonds is 3. The van der Waals surface area contributed by atoms with Crippen LogP contribution in [0.5, 0.6) is 0 Å². The Morgan fingerprint density at radius 2 is 1.95 bits per heavy atom. The second-order valence-electron chi connectivity index (χ2n) is 4.83. The van der Waals surface area contributed by atoms with E-state index in [-0.39, 0.29) is 5.91 Å². The van der Waals surface area contributed by atoms with Crippen molar-refractivity contribution in [2.75, 3.05) is 7.05 Å². The van der Waals surface area contributed by atoms with Crippen LogP contribution in [0.25, 0.3) is 0 Å². The van der Waals surface area contributed by atoms with Crippen molar-refractivity contribution < 1.29 is 4.79 Å². The molecule has 0 aromatic heterocycles. The van der Waals surface area contributed by atoms with Crippen LogP contribution < -0.4 is 0 Å². The molecule has 0 N–H and O–H groups in total. The normalized spacial score (nSPS) is 10.5. The highest BCUT2D eigenvalue weighted by Crippen LogP contribution is 2.25. The second kappa shape index (κ2) is 6.82. The summed E-state index contributed by atoms with van der Waals surface area (Å²) in [6.07, 6.45) is 0. The van der Waals surface area contributed by atoms with Crippen LogP contribution in [0.2, 0.25) is 10.0 Å². The molecule has 0 aliphatic carbocycles. The van der Waals surface area contributed by atoms with Crippen molar-refractivity contribution in [1.29, 1.82) is 0 Å². The molecule has 2 aromatic carbocycles. The van der Waals surface area contributed by atoms with Crippen molar-refractivity contribution >= 4 is 45.0 Å². The van der Waals surface area contributed by atoms with Gasteiger partial charge in [0.25, 0.3) is 5.91 Å². The molecule has 0 fully saturated rings. The van der Waals surface area contributed by atoms with Crippen LogP contribution in [-0.2, 0) is 6.54 Å². The lowest BCUT2D eigenvalue weighted by atomic mass is 10.1. The number of aryl methyl sites for hydroxylation is 1. The van der Waals surface area contributed by atoms with Crippen molar-refractivity contribution in [2.24, 2.45) is 0 Å². The van der Waals surface area contributed by atoms with Crippen LogP contribution in [0, 0.1) is 6.92 Å². The summed E-state index contributed by atoms with van der Waals surface area (Å²) in [6.45, 7) is 2.38. The van der Waals surface area contributed by atoms with E-state index in [1.54, 1.807) is 30.1 Å². The third-order valence-electron chi connectivity index (χ3n) is 3.19. The maximum atomic E-state index is 12.5. The van der Waals surface area contributed by atoms with Gasteiger partial charge >= 0.3 is 0 Å². The molecule has 0 aliphatic rings. The average Bonchev–Trinajstić information content (AvgIpc) is 2.44. The Hall–Kier alpha value is -1.03. The summed E-state index contributed by atoms with van der Waals surface area (Å²) in [6, 6.07) is 10.9. The summed E-state index contributed by atoms with van der Waals surface area (Å²) in [5.74, 6) is -0.0587. The lowest BCUT2D eigenvalue weighted by Gasteiger charge is -2.19. The Morgan fingerprint density at radius 3 is 2.62 bits per heavy atom. The third-order valence-corrected chi connectivity index (χ3v) is 4.83. The maximum absolute atomic E-state index is 12.5. The molecule has 0 unspecified atom stereocenters. The predicted octanol–water partition coefficient (Wildman–Crippen LogP) is 5.34. The van der Waals surface area contributed by atoms with Gasteiger partial charge < -0.3 is 4.90 Å². The maximum Gasteiger partial charge on any atom is 0.255 e. The van der Waals surface area contributed by atoms with E-state index < -0.39 is 0 Å². The van der Waals surface area contributed by atoms with Gasteiger partial charge in [-0.2, -0.15) is 0 Å². The average molecular weight is 387 g/mol. The van der Waals surface area contributed by atoms with Crippen LogP contribution in [0.1, 0.15) is 21.5 Å². The van der Waals surface area contributed by atoms with Gasteiger partial charge in [0.05, 0.1) is 5.56 Å². The Balaban J connectivity index is 2.21. The molecule has 110 valence electrons. The summed E-state index contributed by atoms with van der Waals surface area (Å²) in [5, 5.41) is 1.14. The number of nitrogens with zero attached hydrogens (tertiary/aromatic N) is 1. The molecule has 0 radical (unpaired) electrons. The molecule has 5 heteroatoms. The molecular weight excluding hydrogens is 373 g/mol. The minimum absolute atomic E-state index is 0.0587. The zero-order valence-electron chi connectivity index (χ0n) is 11.7. The van der Waals surface area contributed by atoms with E-state index in [9.17, 15) is 4.79 Å². The van der Waals surface area contributed by atoms with Gasteiger partial charge in [0, 0.05) is 28.1 Å². The summed E-state index contributed by atoms with van der Waals surface area (Å²) >= 11 is 15.5.